The van der Waals surface area contributed by atoms with Crippen LogP contribution in [0.5, 0.6) is 0 Å². The zero-order valence-corrected chi connectivity index (χ0v) is 33.0. The maximum absolute atomic E-state index is 6.70. The van der Waals surface area contributed by atoms with E-state index in [0.29, 0.717) is 6.04 Å². The van der Waals surface area contributed by atoms with Crippen LogP contribution in [0.3, 0.4) is 0 Å². The van der Waals surface area contributed by atoms with Gasteiger partial charge in [-0.3, -0.25) is 5.84 Å². The Bertz CT molecular complexity index is 542. The van der Waals surface area contributed by atoms with Crippen molar-refractivity contribution in [1.82, 2.24) is 10.3 Å². The summed E-state index contributed by atoms with van der Waals surface area (Å²) in [5.74, 6) is 6.70. The van der Waals surface area contributed by atoms with Gasteiger partial charge in [-0.2, -0.15) is 0 Å². The first-order chi connectivity index (χ1) is 23.3. The summed E-state index contributed by atoms with van der Waals surface area (Å²) in [7, 11) is 0. The summed E-state index contributed by atoms with van der Waals surface area (Å²) in [6.07, 6.45) is 50.5. The largest absolute Gasteiger partial charge is 0.330 e. The van der Waals surface area contributed by atoms with Crippen LogP contribution in [0.15, 0.2) is 0 Å². The van der Waals surface area contributed by atoms with E-state index in [4.69, 9.17) is 11.6 Å². The van der Waals surface area contributed by atoms with Gasteiger partial charge in [-0.05, 0) is 51.7 Å². The van der Waals surface area contributed by atoms with Crippen LogP contribution in [0.2, 0.25) is 0 Å². The molecule has 5 N–H and O–H groups in total. The Kier molecular flexibility index (Phi) is 41.9. The van der Waals surface area contributed by atoms with Crippen LogP contribution in [0.1, 0.15) is 245 Å². The maximum atomic E-state index is 6.70. The molecule has 0 fully saturated rings. The number of hydrogen-bond acceptors (Lipinski definition) is 4. The molecule has 4 heteroatoms. The van der Waals surface area contributed by atoms with Crippen LogP contribution in [0.25, 0.3) is 0 Å². The van der Waals surface area contributed by atoms with Crippen molar-refractivity contribution in [1.29, 1.82) is 0 Å². The Hall–Kier alpha value is -0.160. The monoisotopic (exact) mass is 665 g/mol. The van der Waals surface area contributed by atoms with Gasteiger partial charge in [-0.15, -0.1) is 0 Å². The number of rotatable bonds is 42. The molecule has 0 amide bonds. The molecule has 0 aliphatic rings. The molecule has 0 heterocycles. The standard InChI is InChI=1S/C43H92N4/c1-3-5-7-9-11-13-15-17-19-21-23-25-27-29-31-33-37-43(38-35-40-46-41-36-39-44)47(45)42-34-32-30-28-26-24-22-20-18-16-14-12-10-8-6-4-2/h43,46H,3-42,44-45H2,1-2H3. The molecule has 0 saturated heterocycles. The van der Waals surface area contributed by atoms with Gasteiger partial charge < -0.3 is 11.1 Å². The SMILES string of the molecule is CCCCCCCCCCCCCCCCCCC(CCCNCCCN)N(N)CCCCCCCCCCCCCCCCCC. The van der Waals surface area contributed by atoms with E-state index in [1.54, 1.807) is 0 Å². The minimum atomic E-state index is 0.550. The van der Waals surface area contributed by atoms with Crippen LogP contribution < -0.4 is 16.9 Å². The first kappa shape index (κ1) is 46.8. The highest BCUT2D eigenvalue weighted by atomic mass is 15.4. The highest BCUT2D eigenvalue weighted by molar-refractivity contribution is 4.69. The van der Waals surface area contributed by atoms with Gasteiger partial charge in [0.1, 0.15) is 0 Å². The van der Waals surface area contributed by atoms with Crippen molar-refractivity contribution in [2.45, 2.75) is 251 Å². The van der Waals surface area contributed by atoms with Gasteiger partial charge in [0.2, 0.25) is 0 Å². The fraction of sp³-hybridized carbons (Fsp3) is 1.00. The molecule has 0 bridgehead atoms. The van der Waals surface area contributed by atoms with E-state index in [1.807, 2.05) is 0 Å². The lowest BCUT2D eigenvalue weighted by Crippen LogP contribution is -2.42. The lowest BCUT2D eigenvalue weighted by molar-refractivity contribution is 0.170. The molecule has 0 aliphatic heterocycles. The van der Waals surface area contributed by atoms with Crippen LogP contribution in [-0.4, -0.2) is 37.2 Å². The number of hydrogen-bond donors (Lipinski definition) is 3. The smallest absolute Gasteiger partial charge is 0.0241 e. The zero-order valence-electron chi connectivity index (χ0n) is 33.0. The molecule has 284 valence electrons. The molecule has 0 aliphatic carbocycles. The predicted molar refractivity (Wildman–Crippen MR) is 214 cm³/mol. The Morgan fingerprint density at radius 3 is 1.04 bits per heavy atom. The molecule has 47 heavy (non-hydrogen) atoms. The number of hydrazine groups is 1. The van der Waals surface area contributed by atoms with Crippen LogP contribution in [-0.2, 0) is 0 Å². The second-order valence-electron chi connectivity index (χ2n) is 15.3. The number of nitrogens with one attached hydrogen (secondary N) is 1. The minimum Gasteiger partial charge on any atom is -0.330 e. The Labute approximate surface area is 298 Å². The quantitative estimate of drug-likeness (QED) is 0.0345. The van der Waals surface area contributed by atoms with Crippen molar-refractivity contribution in [3.8, 4) is 0 Å². The third-order valence-electron chi connectivity index (χ3n) is 10.6. The normalized spacial score (nSPS) is 12.4. The average molecular weight is 665 g/mol. The molecule has 0 aromatic rings. The van der Waals surface area contributed by atoms with E-state index in [-0.39, 0.29) is 0 Å². The molecule has 0 saturated carbocycles. The third kappa shape index (κ3) is 38.5. The molecule has 0 spiro atoms. The molecule has 1 unspecified atom stereocenters. The van der Waals surface area contributed by atoms with E-state index in [1.165, 1.54) is 225 Å². The fourth-order valence-corrected chi connectivity index (χ4v) is 7.24. The number of unbranched alkanes of at least 4 members (excludes halogenated alkanes) is 30. The highest BCUT2D eigenvalue weighted by Crippen LogP contribution is 2.18. The number of nitrogens with zero attached hydrogens (tertiary/aromatic N) is 1. The summed E-state index contributed by atoms with van der Waals surface area (Å²) >= 11 is 0. The second kappa shape index (κ2) is 42.0. The summed E-state index contributed by atoms with van der Waals surface area (Å²) < 4.78 is 0. The van der Waals surface area contributed by atoms with Crippen LogP contribution >= 0.6 is 0 Å². The highest BCUT2D eigenvalue weighted by Gasteiger charge is 2.14. The molecule has 1 atom stereocenters. The Morgan fingerprint density at radius 1 is 0.383 bits per heavy atom. The Morgan fingerprint density at radius 2 is 0.681 bits per heavy atom. The third-order valence-corrected chi connectivity index (χ3v) is 10.6. The summed E-state index contributed by atoms with van der Waals surface area (Å²) in [6, 6.07) is 0.550. The molecule has 0 radical (unpaired) electrons. The van der Waals surface area contributed by atoms with Crippen molar-refractivity contribution in [2.75, 3.05) is 26.2 Å². The van der Waals surface area contributed by atoms with Crippen molar-refractivity contribution in [3.63, 3.8) is 0 Å². The van der Waals surface area contributed by atoms with Crippen molar-refractivity contribution >= 4 is 0 Å². The van der Waals surface area contributed by atoms with Gasteiger partial charge >= 0.3 is 0 Å². The van der Waals surface area contributed by atoms with Gasteiger partial charge in [-0.25, -0.2) is 5.01 Å². The topological polar surface area (TPSA) is 67.3 Å². The summed E-state index contributed by atoms with van der Waals surface area (Å²) in [5.41, 5.74) is 5.65. The van der Waals surface area contributed by atoms with Gasteiger partial charge in [-0.1, -0.05) is 213 Å². The summed E-state index contributed by atoms with van der Waals surface area (Å²) in [5, 5.41) is 5.80. The van der Waals surface area contributed by atoms with Crippen molar-refractivity contribution < 1.29 is 0 Å². The lowest BCUT2D eigenvalue weighted by Gasteiger charge is -2.28. The number of nitrogens with two attached hydrogens (primary N) is 2. The summed E-state index contributed by atoms with van der Waals surface area (Å²) in [4.78, 5) is 0. The fourth-order valence-electron chi connectivity index (χ4n) is 7.24. The van der Waals surface area contributed by atoms with Gasteiger partial charge in [0.05, 0.1) is 0 Å². The Balaban J connectivity index is 3.84. The molecule has 0 aromatic carbocycles. The molecule has 0 aromatic heterocycles. The van der Waals surface area contributed by atoms with Crippen LogP contribution in [0, 0.1) is 0 Å². The predicted octanol–water partition coefficient (Wildman–Crippen LogP) is 13.2. The lowest BCUT2D eigenvalue weighted by atomic mass is 10.0. The van der Waals surface area contributed by atoms with Gasteiger partial charge in [0.15, 0.2) is 0 Å². The molecular weight excluding hydrogens is 573 g/mol. The molecule has 0 rings (SSSR count). The van der Waals surface area contributed by atoms with E-state index in [9.17, 15) is 0 Å². The maximum Gasteiger partial charge on any atom is 0.0241 e. The average Bonchev–Trinajstić information content (AvgIpc) is 3.08. The zero-order chi connectivity index (χ0) is 34.1. The van der Waals surface area contributed by atoms with E-state index >= 15 is 0 Å². The molecule has 4 nitrogen and oxygen atoms in total. The van der Waals surface area contributed by atoms with E-state index < -0.39 is 0 Å². The van der Waals surface area contributed by atoms with Gasteiger partial charge in [0, 0.05) is 12.6 Å². The second-order valence-corrected chi connectivity index (χ2v) is 15.3. The van der Waals surface area contributed by atoms with Gasteiger partial charge in [0.25, 0.3) is 0 Å². The first-order valence-electron chi connectivity index (χ1n) is 22.2. The van der Waals surface area contributed by atoms with Crippen molar-refractivity contribution in [2.24, 2.45) is 11.6 Å². The van der Waals surface area contributed by atoms with E-state index in [2.05, 4.69) is 24.2 Å². The minimum absolute atomic E-state index is 0.550. The van der Waals surface area contributed by atoms with E-state index in [0.717, 1.165) is 32.6 Å². The summed E-state index contributed by atoms with van der Waals surface area (Å²) in [6.45, 7) is 8.61. The van der Waals surface area contributed by atoms with Crippen LogP contribution in [0.4, 0.5) is 0 Å². The molecular formula is C43H92N4. The first-order valence-corrected chi connectivity index (χ1v) is 22.2. The van der Waals surface area contributed by atoms with Crippen molar-refractivity contribution in [3.05, 3.63) is 0 Å².